The van der Waals surface area contributed by atoms with Crippen molar-refractivity contribution in [3.8, 4) is 11.6 Å². The molecule has 6 nitrogen and oxygen atoms in total. The van der Waals surface area contributed by atoms with Gasteiger partial charge in [-0.1, -0.05) is 42.0 Å². The van der Waals surface area contributed by atoms with Gasteiger partial charge >= 0.3 is 0 Å². The Balaban J connectivity index is 1.63. The lowest BCUT2D eigenvalue weighted by molar-refractivity contribution is 0.0956. The third-order valence-corrected chi connectivity index (χ3v) is 5.23. The van der Waals surface area contributed by atoms with Gasteiger partial charge in [0.2, 0.25) is 5.88 Å². The molecule has 31 heavy (non-hydrogen) atoms. The van der Waals surface area contributed by atoms with Crippen LogP contribution in [0.3, 0.4) is 0 Å². The van der Waals surface area contributed by atoms with Crippen molar-refractivity contribution in [2.24, 2.45) is 0 Å². The average Bonchev–Trinajstić information content (AvgIpc) is 2.80. The molecule has 3 N–H and O–H groups in total. The van der Waals surface area contributed by atoms with E-state index in [-0.39, 0.29) is 12.6 Å². The molecular weight excluding hydrogens is 390 g/mol. The minimum Gasteiger partial charge on any atom is -0.438 e. The molecule has 0 bridgehead atoms. The molecule has 0 spiro atoms. The molecule has 0 radical (unpaired) electrons. The summed E-state index contributed by atoms with van der Waals surface area (Å²) in [7, 11) is 0. The fourth-order valence-electron chi connectivity index (χ4n) is 3.40. The maximum absolute atomic E-state index is 9.78. The molecule has 2 aromatic heterocycles. The first-order chi connectivity index (χ1) is 15.0. The Morgan fingerprint density at radius 2 is 1.55 bits per heavy atom. The highest BCUT2D eigenvalue weighted by Crippen LogP contribution is 2.33. The number of aliphatic hydroxyl groups is 2. The van der Waals surface area contributed by atoms with Crippen LogP contribution in [0.25, 0.3) is 10.8 Å². The largest absolute Gasteiger partial charge is 0.438 e. The number of rotatable bonds is 7. The van der Waals surface area contributed by atoms with Crippen molar-refractivity contribution in [1.82, 2.24) is 9.97 Å². The van der Waals surface area contributed by atoms with Crippen molar-refractivity contribution in [2.45, 2.75) is 26.0 Å². The number of aliphatic hydroxyl groups excluding tert-OH is 2. The summed E-state index contributed by atoms with van der Waals surface area (Å²) in [5.74, 6) is 1.89. The van der Waals surface area contributed by atoms with Gasteiger partial charge in [-0.2, -0.15) is 0 Å². The first-order valence-corrected chi connectivity index (χ1v) is 10.2. The van der Waals surface area contributed by atoms with Crippen molar-refractivity contribution in [1.29, 1.82) is 0 Å². The van der Waals surface area contributed by atoms with Crippen LogP contribution in [0.1, 0.15) is 35.8 Å². The SMILES string of the molecule is Cc1ccc(Oc2nccc3ccnc(N[C@@H](C)c4ccc(C(O)CO)cc4)c23)cc1. The third kappa shape index (κ3) is 4.66. The van der Waals surface area contributed by atoms with Crippen LogP contribution >= 0.6 is 0 Å². The average molecular weight is 415 g/mol. The second-order valence-electron chi connectivity index (χ2n) is 7.52. The second-order valence-corrected chi connectivity index (χ2v) is 7.52. The van der Waals surface area contributed by atoms with E-state index < -0.39 is 6.10 Å². The van der Waals surface area contributed by atoms with E-state index in [1.807, 2.05) is 74.5 Å². The molecule has 1 unspecified atom stereocenters. The van der Waals surface area contributed by atoms with Crippen molar-refractivity contribution in [2.75, 3.05) is 11.9 Å². The first kappa shape index (κ1) is 20.8. The minimum atomic E-state index is -0.871. The lowest BCUT2D eigenvalue weighted by atomic mass is 10.0. The lowest BCUT2D eigenvalue weighted by Crippen LogP contribution is -2.09. The maximum atomic E-state index is 9.78. The van der Waals surface area contributed by atoms with Gasteiger partial charge in [-0.05, 0) is 54.6 Å². The number of hydrogen-bond acceptors (Lipinski definition) is 6. The fourth-order valence-corrected chi connectivity index (χ4v) is 3.40. The van der Waals surface area contributed by atoms with Crippen LogP contribution in [0, 0.1) is 6.92 Å². The van der Waals surface area contributed by atoms with E-state index in [9.17, 15) is 5.11 Å². The van der Waals surface area contributed by atoms with Crippen molar-refractivity contribution in [3.63, 3.8) is 0 Å². The number of aromatic nitrogens is 2. The summed E-state index contributed by atoms with van der Waals surface area (Å²) in [6.45, 7) is 3.77. The van der Waals surface area contributed by atoms with E-state index in [2.05, 4.69) is 15.3 Å². The summed E-state index contributed by atoms with van der Waals surface area (Å²) >= 11 is 0. The van der Waals surface area contributed by atoms with Gasteiger partial charge in [-0.15, -0.1) is 0 Å². The van der Waals surface area contributed by atoms with E-state index >= 15 is 0 Å². The summed E-state index contributed by atoms with van der Waals surface area (Å²) in [4.78, 5) is 9.00. The molecule has 158 valence electrons. The quantitative estimate of drug-likeness (QED) is 0.397. The number of ether oxygens (including phenoxy) is 1. The van der Waals surface area contributed by atoms with Crippen LogP contribution in [0.2, 0.25) is 0 Å². The number of anilines is 1. The molecule has 2 atom stereocenters. The zero-order chi connectivity index (χ0) is 21.8. The molecule has 0 saturated heterocycles. The topological polar surface area (TPSA) is 87.5 Å². The number of benzene rings is 2. The van der Waals surface area contributed by atoms with Crippen molar-refractivity contribution < 1.29 is 14.9 Å². The van der Waals surface area contributed by atoms with Gasteiger partial charge in [-0.3, -0.25) is 0 Å². The Bertz CT molecular complexity index is 1160. The zero-order valence-electron chi connectivity index (χ0n) is 17.5. The van der Waals surface area contributed by atoms with E-state index in [1.54, 1.807) is 12.4 Å². The second kappa shape index (κ2) is 9.12. The molecule has 0 fully saturated rings. The highest BCUT2D eigenvalue weighted by Gasteiger charge is 2.15. The Morgan fingerprint density at radius 3 is 2.23 bits per heavy atom. The Kier molecular flexibility index (Phi) is 6.11. The summed E-state index contributed by atoms with van der Waals surface area (Å²) in [6.07, 6.45) is 2.61. The summed E-state index contributed by atoms with van der Waals surface area (Å²) in [6, 6.07) is 19.1. The Hall–Kier alpha value is -3.48. The number of hydrogen-bond donors (Lipinski definition) is 3. The van der Waals surface area contributed by atoms with E-state index in [4.69, 9.17) is 9.84 Å². The maximum Gasteiger partial charge on any atom is 0.230 e. The Morgan fingerprint density at radius 1 is 0.903 bits per heavy atom. The molecule has 0 amide bonds. The molecule has 0 aliphatic carbocycles. The van der Waals surface area contributed by atoms with Crippen molar-refractivity contribution >= 4 is 16.6 Å². The van der Waals surface area contributed by atoms with Crippen LogP contribution in [0.4, 0.5) is 5.82 Å². The zero-order valence-corrected chi connectivity index (χ0v) is 17.5. The highest BCUT2D eigenvalue weighted by atomic mass is 16.5. The van der Waals surface area contributed by atoms with Crippen LogP contribution in [-0.2, 0) is 0 Å². The molecule has 4 aromatic rings. The first-order valence-electron chi connectivity index (χ1n) is 10.2. The van der Waals surface area contributed by atoms with Gasteiger partial charge in [-0.25, -0.2) is 9.97 Å². The van der Waals surface area contributed by atoms with Crippen LogP contribution < -0.4 is 10.1 Å². The molecule has 6 heteroatoms. The van der Waals surface area contributed by atoms with E-state index in [0.29, 0.717) is 23.0 Å². The van der Waals surface area contributed by atoms with Gasteiger partial charge in [0.1, 0.15) is 17.7 Å². The normalized spacial score (nSPS) is 13.0. The number of aryl methyl sites for hydroxylation is 1. The number of pyridine rings is 2. The molecule has 0 aliphatic heterocycles. The monoisotopic (exact) mass is 415 g/mol. The molecule has 2 aromatic carbocycles. The molecule has 0 saturated carbocycles. The molecular formula is C25H25N3O3. The smallest absolute Gasteiger partial charge is 0.230 e. The predicted octanol–water partition coefficient (Wildman–Crippen LogP) is 4.93. The van der Waals surface area contributed by atoms with Crippen LogP contribution in [0.5, 0.6) is 11.6 Å². The fraction of sp³-hybridized carbons (Fsp3) is 0.200. The number of nitrogens with one attached hydrogen (secondary N) is 1. The number of fused-ring (bicyclic) bond motifs is 1. The highest BCUT2D eigenvalue weighted by molar-refractivity contribution is 5.95. The lowest BCUT2D eigenvalue weighted by Gasteiger charge is -2.18. The van der Waals surface area contributed by atoms with Crippen LogP contribution in [0.15, 0.2) is 73.1 Å². The molecule has 4 rings (SSSR count). The number of nitrogens with zero attached hydrogens (tertiary/aromatic N) is 2. The molecule has 2 heterocycles. The summed E-state index contributed by atoms with van der Waals surface area (Å²) < 4.78 is 6.09. The van der Waals surface area contributed by atoms with Crippen LogP contribution in [-0.4, -0.2) is 26.8 Å². The van der Waals surface area contributed by atoms with Crippen molar-refractivity contribution in [3.05, 3.63) is 89.7 Å². The standard InChI is InChI=1S/C25H25N3O3/c1-16-3-9-21(10-4-16)31-25-23-20(12-14-27-25)11-13-26-24(23)28-17(2)18-5-7-19(8-6-18)22(30)15-29/h3-14,17,22,29-30H,15H2,1-2H3,(H,26,28)/t17-,22?/m0/s1. The predicted molar refractivity (Wildman–Crippen MR) is 121 cm³/mol. The summed E-state index contributed by atoms with van der Waals surface area (Å²) in [5.41, 5.74) is 2.87. The van der Waals surface area contributed by atoms with Gasteiger partial charge < -0.3 is 20.3 Å². The molecule has 0 aliphatic rings. The van der Waals surface area contributed by atoms with E-state index in [1.165, 1.54) is 0 Å². The summed E-state index contributed by atoms with van der Waals surface area (Å²) in [5, 5.41) is 24.1. The minimum absolute atomic E-state index is 0.0501. The van der Waals surface area contributed by atoms with E-state index in [0.717, 1.165) is 21.9 Å². The van der Waals surface area contributed by atoms with Gasteiger partial charge in [0.25, 0.3) is 0 Å². The third-order valence-electron chi connectivity index (χ3n) is 5.23. The van der Waals surface area contributed by atoms with Gasteiger partial charge in [0, 0.05) is 18.4 Å². The van der Waals surface area contributed by atoms with Gasteiger partial charge in [0.05, 0.1) is 12.0 Å². The Labute approximate surface area is 181 Å². The van der Waals surface area contributed by atoms with Gasteiger partial charge in [0.15, 0.2) is 0 Å².